The van der Waals surface area contributed by atoms with Crippen molar-refractivity contribution in [3.05, 3.63) is 71.8 Å². The van der Waals surface area contributed by atoms with Gasteiger partial charge in [-0.15, -0.1) is 0 Å². The minimum absolute atomic E-state index is 0.344. The van der Waals surface area contributed by atoms with Crippen molar-refractivity contribution in [1.29, 1.82) is 0 Å². The van der Waals surface area contributed by atoms with Crippen molar-refractivity contribution in [3.8, 4) is 16.9 Å². The molecule has 0 unspecified atom stereocenters. The fourth-order valence-corrected chi connectivity index (χ4v) is 3.19. The summed E-state index contributed by atoms with van der Waals surface area (Å²) in [4.78, 5) is 11.9. The summed E-state index contributed by atoms with van der Waals surface area (Å²) in [5.41, 5.74) is 4.17. The number of fused-ring (bicyclic) bond motifs is 1. The van der Waals surface area contributed by atoms with E-state index in [1.807, 2.05) is 42.5 Å². The number of para-hydroxylation sites is 1. The van der Waals surface area contributed by atoms with Gasteiger partial charge in [0.05, 0.1) is 13.7 Å². The molecule has 0 fully saturated rings. The molecule has 0 aliphatic carbocycles. The van der Waals surface area contributed by atoms with Crippen LogP contribution in [0.2, 0.25) is 0 Å². The third kappa shape index (κ3) is 3.47. The number of carbonyl (C=O) groups is 1. The Morgan fingerprint density at radius 1 is 1.00 bits per heavy atom. The molecular weight excluding hydrogens is 324 g/mol. The zero-order valence-corrected chi connectivity index (χ0v) is 15.3. The third-order valence-corrected chi connectivity index (χ3v) is 4.36. The van der Waals surface area contributed by atoms with Gasteiger partial charge < -0.3 is 9.47 Å². The fraction of sp³-hybridized carbons (Fsp3) is 0.174. The monoisotopic (exact) mass is 346 g/mol. The van der Waals surface area contributed by atoms with Crippen molar-refractivity contribution in [2.75, 3.05) is 13.7 Å². The topological polar surface area (TPSA) is 35.5 Å². The minimum atomic E-state index is -0.344. The van der Waals surface area contributed by atoms with Crippen LogP contribution in [0.25, 0.3) is 28.0 Å². The summed E-state index contributed by atoms with van der Waals surface area (Å²) in [6.07, 6.45) is 3.32. The van der Waals surface area contributed by atoms with Crippen LogP contribution in [-0.4, -0.2) is 19.7 Å². The van der Waals surface area contributed by atoms with E-state index in [9.17, 15) is 4.79 Å². The van der Waals surface area contributed by atoms with Crippen molar-refractivity contribution in [3.63, 3.8) is 0 Å². The van der Waals surface area contributed by atoms with Gasteiger partial charge in [0.2, 0.25) is 0 Å². The largest absolute Gasteiger partial charge is 0.496 e. The molecule has 0 spiro atoms. The number of ether oxygens (including phenoxy) is 2. The number of hydrogen-bond acceptors (Lipinski definition) is 3. The lowest BCUT2D eigenvalue weighted by Crippen LogP contribution is -1.99. The fourth-order valence-electron chi connectivity index (χ4n) is 3.19. The molecule has 0 bridgehead atoms. The Hall–Kier alpha value is -3.07. The van der Waals surface area contributed by atoms with Gasteiger partial charge in [0, 0.05) is 11.6 Å². The van der Waals surface area contributed by atoms with Crippen molar-refractivity contribution in [2.45, 2.75) is 13.8 Å². The average Bonchev–Trinajstić information content (AvgIpc) is 2.67. The van der Waals surface area contributed by atoms with Crippen molar-refractivity contribution < 1.29 is 14.3 Å². The normalized spacial score (nSPS) is 11.0. The Kier molecular flexibility index (Phi) is 5.37. The predicted molar refractivity (Wildman–Crippen MR) is 106 cm³/mol. The van der Waals surface area contributed by atoms with Crippen molar-refractivity contribution in [2.24, 2.45) is 0 Å². The predicted octanol–water partition coefficient (Wildman–Crippen LogP) is 5.40. The van der Waals surface area contributed by atoms with Crippen LogP contribution in [0, 0.1) is 6.92 Å². The second kappa shape index (κ2) is 7.87. The van der Waals surface area contributed by atoms with Gasteiger partial charge in [-0.25, -0.2) is 4.79 Å². The van der Waals surface area contributed by atoms with Gasteiger partial charge in [-0.2, -0.15) is 0 Å². The molecule has 3 aromatic carbocycles. The van der Waals surface area contributed by atoms with Crippen molar-refractivity contribution in [1.82, 2.24) is 0 Å². The number of hydrogen-bond donors (Lipinski definition) is 0. The van der Waals surface area contributed by atoms with Crippen LogP contribution in [-0.2, 0) is 9.53 Å². The summed E-state index contributed by atoms with van der Waals surface area (Å²) in [5, 5.41) is 2.25. The van der Waals surface area contributed by atoms with Crippen LogP contribution in [0.5, 0.6) is 5.75 Å². The Balaban J connectivity index is 2.28. The van der Waals surface area contributed by atoms with Crippen LogP contribution < -0.4 is 4.74 Å². The van der Waals surface area contributed by atoms with Crippen molar-refractivity contribution >= 4 is 22.8 Å². The number of methoxy groups -OCH3 is 1. The molecule has 0 N–H and O–H groups in total. The molecule has 0 atom stereocenters. The molecule has 0 saturated heterocycles. The molecule has 26 heavy (non-hydrogen) atoms. The minimum Gasteiger partial charge on any atom is -0.496 e. The van der Waals surface area contributed by atoms with Gasteiger partial charge in [-0.05, 0) is 53.5 Å². The number of benzene rings is 3. The molecule has 3 rings (SSSR count). The second-order valence-corrected chi connectivity index (χ2v) is 5.99. The first-order valence-electron chi connectivity index (χ1n) is 8.66. The summed E-state index contributed by atoms with van der Waals surface area (Å²) in [6, 6.07) is 18.3. The Labute approximate surface area is 153 Å². The van der Waals surface area contributed by atoms with Crippen LogP contribution in [0.3, 0.4) is 0 Å². The van der Waals surface area contributed by atoms with E-state index >= 15 is 0 Å². The SMILES string of the molecule is CCOC(=O)/C=C/c1c(-c2ccccc2OC)cc(C)c2ccccc12. The number of rotatable bonds is 5. The smallest absolute Gasteiger partial charge is 0.330 e. The van der Waals surface area contributed by atoms with E-state index in [-0.39, 0.29) is 5.97 Å². The van der Waals surface area contributed by atoms with Gasteiger partial charge in [-0.1, -0.05) is 48.5 Å². The molecule has 0 amide bonds. The highest BCUT2D eigenvalue weighted by Crippen LogP contribution is 2.38. The van der Waals surface area contributed by atoms with Crippen LogP contribution in [0.4, 0.5) is 0 Å². The highest BCUT2D eigenvalue weighted by molar-refractivity contribution is 6.02. The third-order valence-electron chi connectivity index (χ3n) is 4.36. The van der Waals surface area contributed by atoms with Gasteiger partial charge in [-0.3, -0.25) is 0 Å². The molecular formula is C23H22O3. The molecule has 0 saturated carbocycles. The molecule has 3 aromatic rings. The van der Waals surface area contributed by atoms with Crippen LogP contribution >= 0.6 is 0 Å². The highest BCUT2D eigenvalue weighted by Gasteiger charge is 2.13. The van der Waals surface area contributed by atoms with Crippen LogP contribution in [0.1, 0.15) is 18.1 Å². The summed E-state index contributed by atoms with van der Waals surface area (Å²) < 4.78 is 10.6. The van der Waals surface area contributed by atoms with E-state index < -0.39 is 0 Å². The van der Waals surface area contributed by atoms with E-state index in [4.69, 9.17) is 9.47 Å². The maximum Gasteiger partial charge on any atom is 0.330 e. The van der Waals surface area contributed by atoms with Crippen LogP contribution in [0.15, 0.2) is 60.7 Å². The summed E-state index contributed by atoms with van der Waals surface area (Å²) in [5.74, 6) is 0.455. The first-order valence-corrected chi connectivity index (χ1v) is 8.66. The molecule has 0 radical (unpaired) electrons. The van der Waals surface area contributed by atoms with E-state index in [1.54, 1.807) is 14.0 Å². The zero-order valence-electron chi connectivity index (χ0n) is 15.3. The number of esters is 1. The summed E-state index contributed by atoms with van der Waals surface area (Å²) >= 11 is 0. The van der Waals surface area contributed by atoms with Gasteiger partial charge >= 0.3 is 5.97 Å². The lowest BCUT2D eigenvalue weighted by molar-refractivity contribution is -0.137. The lowest BCUT2D eigenvalue weighted by atomic mass is 9.90. The van der Waals surface area contributed by atoms with Gasteiger partial charge in [0.15, 0.2) is 0 Å². The second-order valence-electron chi connectivity index (χ2n) is 5.99. The Bertz CT molecular complexity index is 970. The quantitative estimate of drug-likeness (QED) is 0.458. The highest BCUT2D eigenvalue weighted by atomic mass is 16.5. The lowest BCUT2D eigenvalue weighted by Gasteiger charge is -2.15. The molecule has 0 heterocycles. The Morgan fingerprint density at radius 2 is 1.69 bits per heavy atom. The van der Waals surface area contributed by atoms with Gasteiger partial charge in [0.1, 0.15) is 5.75 Å². The maximum atomic E-state index is 11.9. The average molecular weight is 346 g/mol. The molecule has 3 heteroatoms. The molecule has 0 aliphatic rings. The zero-order chi connectivity index (χ0) is 18.5. The maximum absolute atomic E-state index is 11.9. The molecule has 132 valence electrons. The summed E-state index contributed by atoms with van der Waals surface area (Å²) in [7, 11) is 1.67. The van der Waals surface area contributed by atoms with E-state index in [2.05, 4.69) is 25.1 Å². The van der Waals surface area contributed by atoms with Gasteiger partial charge in [0.25, 0.3) is 0 Å². The molecule has 0 aromatic heterocycles. The van der Waals surface area contributed by atoms with E-state index in [0.29, 0.717) is 6.61 Å². The molecule has 3 nitrogen and oxygen atoms in total. The summed E-state index contributed by atoms with van der Waals surface area (Å²) in [6.45, 7) is 4.25. The first-order chi connectivity index (χ1) is 12.7. The standard InChI is InChI=1S/C23H22O3/c1-4-26-23(24)14-13-19-18-10-6-5-9-17(18)16(2)15-21(19)20-11-7-8-12-22(20)25-3/h5-15H,4H2,1-3H3/b14-13+. The van der Waals surface area contributed by atoms with E-state index in [0.717, 1.165) is 33.2 Å². The first kappa shape index (κ1) is 17.7. The number of carbonyl (C=O) groups excluding carboxylic acids is 1. The molecule has 0 aliphatic heterocycles. The van der Waals surface area contributed by atoms with E-state index in [1.165, 1.54) is 11.6 Å². The Morgan fingerprint density at radius 3 is 2.42 bits per heavy atom. The number of aryl methyl sites for hydroxylation is 1.